The highest BCUT2D eigenvalue weighted by Gasteiger charge is 2.13. The molecule has 3 nitrogen and oxygen atoms in total. The van der Waals surface area contributed by atoms with Gasteiger partial charge in [0.05, 0.1) is 15.6 Å². The molecule has 0 spiro atoms. The van der Waals surface area contributed by atoms with E-state index in [4.69, 9.17) is 28.9 Å². The van der Waals surface area contributed by atoms with Crippen molar-refractivity contribution in [3.63, 3.8) is 0 Å². The van der Waals surface area contributed by atoms with E-state index >= 15 is 0 Å². The lowest BCUT2D eigenvalue weighted by Gasteiger charge is -2.06. The number of nitrogens with two attached hydrogens (primary N) is 1. The van der Waals surface area contributed by atoms with Gasteiger partial charge in [-0.2, -0.15) is 0 Å². The van der Waals surface area contributed by atoms with Crippen LogP contribution in [0.25, 0.3) is 5.57 Å². The Kier molecular flexibility index (Phi) is 3.61. The van der Waals surface area contributed by atoms with Gasteiger partial charge in [-0.05, 0) is 24.6 Å². The van der Waals surface area contributed by atoms with Crippen LogP contribution in [0.2, 0.25) is 10.0 Å². The van der Waals surface area contributed by atoms with E-state index in [0.717, 1.165) is 0 Å². The second-order valence-corrected chi connectivity index (χ2v) is 3.77. The standard InChI is InChI=1S/C10H9Cl2NO2/c1-5(14)9(10(13)15)6-2-3-7(11)8(12)4-6/h2-4,14H,1H3,(H2,13,15)/b9-5+. The second kappa shape index (κ2) is 4.55. The van der Waals surface area contributed by atoms with Crippen LogP contribution in [0, 0.1) is 0 Å². The number of allylic oxidation sites excluding steroid dienone is 1. The van der Waals surface area contributed by atoms with Gasteiger partial charge in [-0.25, -0.2) is 0 Å². The normalized spacial score (nSPS) is 12.2. The van der Waals surface area contributed by atoms with E-state index in [9.17, 15) is 9.90 Å². The minimum Gasteiger partial charge on any atom is -0.512 e. The molecule has 0 fully saturated rings. The van der Waals surface area contributed by atoms with Crippen molar-refractivity contribution in [2.45, 2.75) is 6.92 Å². The van der Waals surface area contributed by atoms with Gasteiger partial charge in [-0.3, -0.25) is 4.79 Å². The summed E-state index contributed by atoms with van der Waals surface area (Å²) in [6, 6.07) is 4.57. The molecule has 5 heteroatoms. The Bertz CT molecular complexity index is 437. The fourth-order valence-electron chi connectivity index (χ4n) is 1.18. The molecule has 1 amide bonds. The van der Waals surface area contributed by atoms with Gasteiger partial charge < -0.3 is 10.8 Å². The first kappa shape index (κ1) is 11.9. The molecule has 0 aliphatic heterocycles. The molecule has 0 aliphatic rings. The number of rotatable bonds is 2. The minimum absolute atomic E-state index is 0.0357. The number of benzene rings is 1. The molecule has 0 heterocycles. The lowest BCUT2D eigenvalue weighted by molar-refractivity contribution is -0.112. The lowest BCUT2D eigenvalue weighted by atomic mass is 10.0. The van der Waals surface area contributed by atoms with Gasteiger partial charge in [0.2, 0.25) is 0 Å². The number of halogens is 2. The van der Waals surface area contributed by atoms with Crippen molar-refractivity contribution in [1.82, 2.24) is 0 Å². The minimum atomic E-state index is -0.714. The molecule has 3 N–H and O–H groups in total. The number of primary amides is 1. The highest BCUT2D eigenvalue weighted by atomic mass is 35.5. The molecule has 0 aliphatic carbocycles. The molecule has 1 rings (SSSR count). The predicted molar refractivity (Wildman–Crippen MR) is 60.9 cm³/mol. The van der Waals surface area contributed by atoms with E-state index in [0.29, 0.717) is 15.6 Å². The summed E-state index contributed by atoms with van der Waals surface area (Å²) in [5.41, 5.74) is 5.60. The zero-order valence-electron chi connectivity index (χ0n) is 7.92. The molecule has 80 valence electrons. The monoisotopic (exact) mass is 245 g/mol. The molecule has 0 saturated carbocycles. The highest BCUT2D eigenvalue weighted by molar-refractivity contribution is 6.42. The molecule has 0 aromatic heterocycles. The van der Waals surface area contributed by atoms with E-state index in [-0.39, 0.29) is 11.3 Å². The van der Waals surface area contributed by atoms with Crippen molar-refractivity contribution >= 4 is 34.7 Å². The van der Waals surface area contributed by atoms with Crippen LogP contribution in [0.3, 0.4) is 0 Å². The lowest BCUT2D eigenvalue weighted by Crippen LogP contribution is -2.14. The molecule has 0 unspecified atom stereocenters. The third-order valence-electron chi connectivity index (χ3n) is 1.82. The summed E-state index contributed by atoms with van der Waals surface area (Å²) in [6.07, 6.45) is 0. The van der Waals surface area contributed by atoms with E-state index in [2.05, 4.69) is 0 Å². The smallest absolute Gasteiger partial charge is 0.252 e. The van der Waals surface area contributed by atoms with Gasteiger partial charge in [0.25, 0.3) is 5.91 Å². The van der Waals surface area contributed by atoms with Crippen LogP contribution in [0.5, 0.6) is 0 Å². The number of hydrogen-bond acceptors (Lipinski definition) is 2. The van der Waals surface area contributed by atoms with E-state index in [1.807, 2.05) is 0 Å². The number of carbonyl (C=O) groups excluding carboxylic acids is 1. The number of amides is 1. The van der Waals surface area contributed by atoms with E-state index in [1.54, 1.807) is 6.07 Å². The van der Waals surface area contributed by atoms with Crippen molar-refractivity contribution in [2.24, 2.45) is 5.73 Å². The van der Waals surface area contributed by atoms with Crippen molar-refractivity contribution < 1.29 is 9.90 Å². The Balaban J connectivity index is 3.32. The maximum Gasteiger partial charge on any atom is 0.252 e. The van der Waals surface area contributed by atoms with Crippen LogP contribution in [0.15, 0.2) is 24.0 Å². The van der Waals surface area contributed by atoms with Crippen LogP contribution < -0.4 is 5.73 Å². The van der Waals surface area contributed by atoms with E-state index in [1.165, 1.54) is 19.1 Å². The first-order chi connectivity index (χ1) is 6.93. The van der Waals surface area contributed by atoms with Crippen molar-refractivity contribution in [1.29, 1.82) is 0 Å². The number of aliphatic hydroxyl groups is 1. The molecular formula is C10H9Cl2NO2. The Morgan fingerprint density at radius 2 is 1.93 bits per heavy atom. The summed E-state index contributed by atoms with van der Waals surface area (Å²) in [5, 5.41) is 9.97. The van der Waals surface area contributed by atoms with Gasteiger partial charge in [-0.1, -0.05) is 29.3 Å². The number of carbonyl (C=O) groups is 1. The summed E-state index contributed by atoms with van der Waals surface area (Å²) >= 11 is 11.5. The quantitative estimate of drug-likeness (QED) is 0.622. The number of aliphatic hydroxyl groups excluding tert-OH is 1. The first-order valence-corrected chi connectivity index (χ1v) is 4.84. The SMILES string of the molecule is C/C(O)=C(\C(N)=O)c1ccc(Cl)c(Cl)c1. The van der Waals surface area contributed by atoms with Crippen molar-refractivity contribution in [3.05, 3.63) is 39.6 Å². The molecule has 0 atom stereocenters. The largest absolute Gasteiger partial charge is 0.512 e. The number of hydrogen-bond donors (Lipinski definition) is 2. The van der Waals surface area contributed by atoms with Crippen molar-refractivity contribution in [2.75, 3.05) is 0 Å². The summed E-state index contributed by atoms with van der Waals surface area (Å²) < 4.78 is 0. The zero-order chi connectivity index (χ0) is 11.6. The fourth-order valence-corrected chi connectivity index (χ4v) is 1.48. The Morgan fingerprint density at radius 1 is 1.33 bits per heavy atom. The Morgan fingerprint density at radius 3 is 2.33 bits per heavy atom. The van der Waals surface area contributed by atoms with Gasteiger partial charge in [-0.15, -0.1) is 0 Å². The Labute approximate surface area is 97.1 Å². The second-order valence-electron chi connectivity index (χ2n) is 2.95. The zero-order valence-corrected chi connectivity index (χ0v) is 9.43. The maximum absolute atomic E-state index is 11.1. The van der Waals surface area contributed by atoms with Crippen LogP contribution in [0.4, 0.5) is 0 Å². The van der Waals surface area contributed by atoms with Gasteiger partial charge in [0, 0.05) is 0 Å². The van der Waals surface area contributed by atoms with Crippen LogP contribution in [-0.4, -0.2) is 11.0 Å². The molecule has 0 bridgehead atoms. The van der Waals surface area contributed by atoms with E-state index < -0.39 is 5.91 Å². The van der Waals surface area contributed by atoms with Gasteiger partial charge >= 0.3 is 0 Å². The summed E-state index contributed by atoms with van der Waals surface area (Å²) in [5.74, 6) is -0.866. The van der Waals surface area contributed by atoms with Gasteiger partial charge in [0.15, 0.2) is 0 Å². The molecular weight excluding hydrogens is 237 g/mol. The van der Waals surface area contributed by atoms with Crippen LogP contribution in [-0.2, 0) is 4.79 Å². The molecule has 0 saturated heterocycles. The predicted octanol–water partition coefficient (Wildman–Crippen LogP) is 2.77. The first-order valence-electron chi connectivity index (χ1n) is 4.08. The highest BCUT2D eigenvalue weighted by Crippen LogP contribution is 2.26. The Hall–Kier alpha value is -1.19. The fraction of sp³-hybridized carbons (Fsp3) is 0.100. The summed E-state index contributed by atoms with van der Waals surface area (Å²) in [6.45, 7) is 1.38. The van der Waals surface area contributed by atoms with Crippen molar-refractivity contribution in [3.8, 4) is 0 Å². The average molecular weight is 246 g/mol. The summed E-state index contributed by atoms with van der Waals surface area (Å²) in [4.78, 5) is 11.1. The molecule has 15 heavy (non-hydrogen) atoms. The van der Waals surface area contributed by atoms with Crippen LogP contribution >= 0.6 is 23.2 Å². The molecule has 0 radical (unpaired) electrons. The maximum atomic E-state index is 11.1. The third-order valence-corrected chi connectivity index (χ3v) is 2.56. The van der Waals surface area contributed by atoms with Crippen LogP contribution in [0.1, 0.15) is 12.5 Å². The topological polar surface area (TPSA) is 63.3 Å². The molecule has 1 aromatic carbocycles. The van der Waals surface area contributed by atoms with Gasteiger partial charge in [0.1, 0.15) is 5.76 Å². The molecule has 1 aromatic rings. The summed E-state index contributed by atoms with van der Waals surface area (Å²) in [7, 11) is 0. The third kappa shape index (κ3) is 2.64. The average Bonchev–Trinajstić information content (AvgIpc) is 2.10.